The van der Waals surface area contributed by atoms with Crippen LogP contribution in [0.4, 0.5) is 0 Å². The average Bonchev–Trinajstić information content (AvgIpc) is 3.41. The zero-order valence-electron chi connectivity index (χ0n) is 17.3. The van der Waals surface area contributed by atoms with Crippen LogP contribution in [-0.2, 0) is 19.6 Å². The van der Waals surface area contributed by atoms with Gasteiger partial charge in [-0.15, -0.1) is 0 Å². The van der Waals surface area contributed by atoms with Crippen molar-refractivity contribution in [2.75, 3.05) is 13.2 Å². The fourth-order valence-electron chi connectivity index (χ4n) is 3.00. The van der Waals surface area contributed by atoms with Crippen molar-refractivity contribution >= 4 is 5.96 Å². The van der Waals surface area contributed by atoms with E-state index < -0.39 is 0 Å². The molecule has 1 fully saturated rings. The second kappa shape index (κ2) is 10.2. The second-order valence-corrected chi connectivity index (χ2v) is 7.80. The summed E-state index contributed by atoms with van der Waals surface area (Å²) >= 11 is 0. The first kappa shape index (κ1) is 20.2. The standard InChI is InChI=1S/C22H33N5O/c1-4-23-22(26-14-21-24-11-12-27(21)15-17(2)3)25-13-19-7-5-6-8-20(19)28-16-18-9-10-18/h5-8,11-12,17-18H,4,9-10,13-16H2,1-3H3,(H2,23,25,26). The van der Waals surface area contributed by atoms with E-state index in [1.54, 1.807) is 0 Å². The summed E-state index contributed by atoms with van der Waals surface area (Å²) in [5.74, 6) is 4.08. The molecule has 3 rings (SSSR count). The van der Waals surface area contributed by atoms with Crippen molar-refractivity contribution in [3.8, 4) is 5.75 Å². The summed E-state index contributed by atoms with van der Waals surface area (Å²) in [5.41, 5.74) is 1.11. The van der Waals surface area contributed by atoms with Gasteiger partial charge < -0.3 is 19.9 Å². The molecule has 1 heterocycles. The van der Waals surface area contributed by atoms with Gasteiger partial charge in [-0.25, -0.2) is 9.98 Å². The molecule has 0 aliphatic heterocycles. The lowest BCUT2D eigenvalue weighted by molar-refractivity contribution is 0.297. The number of para-hydroxylation sites is 1. The maximum absolute atomic E-state index is 6.00. The minimum Gasteiger partial charge on any atom is -0.493 e. The van der Waals surface area contributed by atoms with Gasteiger partial charge in [0.15, 0.2) is 5.96 Å². The molecule has 6 heteroatoms. The highest BCUT2D eigenvalue weighted by molar-refractivity contribution is 5.79. The SMILES string of the molecule is CCNC(=NCc1ccccc1OCC1CC1)NCc1nccn1CC(C)C. The van der Waals surface area contributed by atoms with Gasteiger partial charge in [0.2, 0.25) is 0 Å². The van der Waals surface area contributed by atoms with E-state index in [0.29, 0.717) is 19.0 Å². The molecule has 1 aromatic carbocycles. The van der Waals surface area contributed by atoms with E-state index >= 15 is 0 Å². The summed E-state index contributed by atoms with van der Waals surface area (Å²) in [6.07, 6.45) is 6.48. The topological polar surface area (TPSA) is 63.5 Å². The minimum absolute atomic E-state index is 0.580. The van der Waals surface area contributed by atoms with Crippen molar-refractivity contribution in [2.45, 2.75) is 53.2 Å². The molecule has 0 radical (unpaired) electrons. The first-order valence-corrected chi connectivity index (χ1v) is 10.4. The van der Waals surface area contributed by atoms with Crippen LogP contribution in [0.15, 0.2) is 41.7 Å². The maximum Gasteiger partial charge on any atom is 0.191 e. The van der Waals surface area contributed by atoms with Gasteiger partial charge in [-0.05, 0) is 37.7 Å². The molecule has 1 aliphatic rings. The zero-order valence-corrected chi connectivity index (χ0v) is 17.3. The Hall–Kier alpha value is -2.50. The molecular formula is C22H33N5O. The molecule has 1 saturated carbocycles. The smallest absolute Gasteiger partial charge is 0.191 e. The quantitative estimate of drug-likeness (QED) is 0.486. The molecule has 0 amide bonds. The van der Waals surface area contributed by atoms with Gasteiger partial charge in [0.1, 0.15) is 11.6 Å². The normalized spacial score (nSPS) is 14.4. The summed E-state index contributed by atoms with van der Waals surface area (Å²) in [4.78, 5) is 9.23. The Morgan fingerprint density at radius 3 is 2.86 bits per heavy atom. The highest BCUT2D eigenvalue weighted by atomic mass is 16.5. The molecule has 152 valence electrons. The Morgan fingerprint density at radius 2 is 2.11 bits per heavy atom. The molecule has 0 bridgehead atoms. The number of aliphatic imine (C=N–C) groups is 1. The number of guanidine groups is 1. The van der Waals surface area contributed by atoms with Crippen LogP contribution in [0.2, 0.25) is 0 Å². The van der Waals surface area contributed by atoms with Gasteiger partial charge in [0.05, 0.1) is 19.7 Å². The number of ether oxygens (including phenoxy) is 1. The summed E-state index contributed by atoms with van der Waals surface area (Å²) < 4.78 is 8.20. The highest BCUT2D eigenvalue weighted by Gasteiger charge is 2.22. The van der Waals surface area contributed by atoms with Crippen LogP contribution in [0.25, 0.3) is 0 Å². The Kier molecular flexibility index (Phi) is 7.34. The van der Waals surface area contributed by atoms with E-state index in [1.807, 2.05) is 30.6 Å². The number of nitrogens with zero attached hydrogens (tertiary/aromatic N) is 3. The van der Waals surface area contributed by atoms with Crippen molar-refractivity contribution < 1.29 is 4.74 Å². The first-order chi connectivity index (χ1) is 13.7. The summed E-state index contributed by atoms with van der Waals surface area (Å²) in [6, 6.07) is 8.19. The number of hydrogen-bond donors (Lipinski definition) is 2. The van der Waals surface area contributed by atoms with E-state index in [2.05, 4.69) is 47.0 Å². The van der Waals surface area contributed by atoms with Crippen LogP contribution in [0, 0.1) is 11.8 Å². The molecule has 0 saturated heterocycles. The van der Waals surface area contributed by atoms with Crippen LogP contribution in [0.5, 0.6) is 5.75 Å². The Labute approximate surface area is 168 Å². The summed E-state index contributed by atoms with van der Waals surface area (Å²) in [5, 5.41) is 6.72. The monoisotopic (exact) mass is 383 g/mol. The molecule has 2 aromatic rings. The van der Waals surface area contributed by atoms with Crippen molar-refractivity contribution in [3.63, 3.8) is 0 Å². The second-order valence-electron chi connectivity index (χ2n) is 7.80. The zero-order chi connectivity index (χ0) is 19.8. The van der Waals surface area contributed by atoms with Gasteiger partial charge in [0, 0.05) is 31.0 Å². The Morgan fingerprint density at radius 1 is 1.29 bits per heavy atom. The van der Waals surface area contributed by atoms with Crippen LogP contribution >= 0.6 is 0 Å². The minimum atomic E-state index is 0.580. The Bertz CT molecular complexity index is 764. The maximum atomic E-state index is 6.00. The predicted molar refractivity (Wildman–Crippen MR) is 113 cm³/mol. The number of nitrogens with one attached hydrogen (secondary N) is 2. The highest BCUT2D eigenvalue weighted by Crippen LogP contribution is 2.30. The fourth-order valence-corrected chi connectivity index (χ4v) is 3.00. The van der Waals surface area contributed by atoms with Gasteiger partial charge in [-0.1, -0.05) is 32.0 Å². The Balaban J connectivity index is 1.60. The number of rotatable bonds is 10. The number of aromatic nitrogens is 2. The van der Waals surface area contributed by atoms with Crippen LogP contribution in [-0.4, -0.2) is 28.7 Å². The van der Waals surface area contributed by atoms with Gasteiger partial charge in [-0.3, -0.25) is 0 Å². The van der Waals surface area contributed by atoms with Gasteiger partial charge in [0.25, 0.3) is 0 Å². The third-order valence-electron chi connectivity index (χ3n) is 4.67. The molecule has 28 heavy (non-hydrogen) atoms. The molecular weight excluding hydrogens is 350 g/mol. The molecule has 0 atom stereocenters. The molecule has 0 unspecified atom stereocenters. The van der Waals surface area contributed by atoms with Crippen molar-refractivity contribution in [1.82, 2.24) is 20.2 Å². The average molecular weight is 384 g/mol. The largest absolute Gasteiger partial charge is 0.493 e. The van der Waals surface area contributed by atoms with Gasteiger partial charge >= 0.3 is 0 Å². The van der Waals surface area contributed by atoms with Crippen molar-refractivity contribution in [1.29, 1.82) is 0 Å². The number of imidazole rings is 1. The van der Waals surface area contributed by atoms with Crippen molar-refractivity contribution in [2.24, 2.45) is 16.8 Å². The van der Waals surface area contributed by atoms with E-state index in [1.165, 1.54) is 12.8 Å². The van der Waals surface area contributed by atoms with Crippen molar-refractivity contribution in [3.05, 3.63) is 48.0 Å². The number of hydrogen-bond acceptors (Lipinski definition) is 3. The van der Waals surface area contributed by atoms with E-state index in [0.717, 1.165) is 48.7 Å². The molecule has 0 spiro atoms. The third kappa shape index (κ3) is 6.29. The van der Waals surface area contributed by atoms with E-state index in [9.17, 15) is 0 Å². The predicted octanol–water partition coefficient (Wildman–Crippen LogP) is 3.58. The molecule has 6 nitrogen and oxygen atoms in total. The lowest BCUT2D eigenvalue weighted by atomic mass is 10.2. The van der Waals surface area contributed by atoms with E-state index in [-0.39, 0.29) is 0 Å². The van der Waals surface area contributed by atoms with Crippen LogP contribution in [0.1, 0.15) is 45.0 Å². The van der Waals surface area contributed by atoms with Crippen LogP contribution < -0.4 is 15.4 Å². The molecule has 1 aliphatic carbocycles. The molecule has 1 aromatic heterocycles. The van der Waals surface area contributed by atoms with Crippen LogP contribution in [0.3, 0.4) is 0 Å². The third-order valence-corrected chi connectivity index (χ3v) is 4.67. The summed E-state index contributed by atoms with van der Waals surface area (Å²) in [6.45, 7) is 10.3. The lowest BCUT2D eigenvalue weighted by Crippen LogP contribution is -2.37. The summed E-state index contributed by atoms with van der Waals surface area (Å²) in [7, 11) is 0. The fraction of sp³-hybridized carbons (Fsp3) is 0.545. The lowest BCUT2D eigenvalue weighted by Gasteiger charge is -2.14. The van der Waals surface area contributed by atoms with E-state index in [4.69, 9.17) is 9.73 Å². The number of benzene rings is 1. The molecule has 2 N–H and O–H groups in total. The first-order valence-electron chi connectivity index (χ1n) is 10.4. The van der Waals surface area contributed by atoms with Gasteiger partial charge in [-0.2, -0.15) is 0 Å².